The van der Waals surface area contributed by atoms with E-state index in [1.54, 1.807) is 6.07 Å². The normalized spacial score (nSPS) is 48.0. The van der Waals surface area contributed by atoms with Gasteiger partial charge in [-0.25, -0.2) is 4.79 Å². The zero-order chi connectivity index (χ0) is 30.5. The topological polar surface area (TPSA) is 123 Å². The average molecular weight is 578 g/mol. The fourth-order valence-electron chi connectivity index (χ4n) is 10.7. The molecule has 42 heavy (non-hydrogen) atoms. The number of fused-ring (bicyclic) bond motifs is 6. The molecule has 0 aromatic heterocycles. The van der Waals surface area contributed by atoms with Gasteiger partial charge in [0.25, 0.3) is 0 Å². The minimum absolute atomic E-state index is 0.0219. The molecule has 1 N–H and O–H groups in total. The van der Waals surface area contributed by atoms with Gasteiger partial charge in [-0.2, -0.15) is 5.26 Å². The number of nitrogens with zero attached hydrogens (tertiary/aromatic N) is 1. The van der Waals surface area contributed by atoms with Crippen LogP contribution in [0.4, 0.5) is 0 Å². The lowest BCUT2D eigenvalue weighted by Crippen LogP contribution is -2.49. The van der Waals surface area contributed by atoms with Gasteiger partial charge in [-0.3, -0.25) is 9.59 Å². The molecule has 0 radical (unpaired) electrons. The van der Waals surface area contributed by atoms with Crippen molar-refractivity contribution in [1.29, 1.82) is 5.26 Å². The molecule has 2 saturated heterocycles. The fourth-order valence-corrected chi connectivity index (χ4v) is 10.7. The van der Waals surface area contributed by atoms with Crippen LogP contribution in [-0.4, -0.2) is 47.4 Å². The van der Waals surface area contributed by atoms with Crippen LogP contribution in [0.3, 0.4) is 0 Å². The van der Waals surface area contributed by atoms with Crippen molar-refractivity contribution in [1.82, 2.24) is 0 Å². The van der Waals surface area contributed by atoms with Crippen molar-refractivity contribution in [2.24, 2.45) is 45.8 Å². The molecule has 0 aromatic carbocycles. The quantitative estimate of drug-likeness (QED) is 0.201. The van der Waals surface area contributed by atoms with Crippen LogP contribution in [0.2, 0.25) is 0 Å². The Bertz CT molecular complexity index is 1370. The van der Waals surface area contributed by atoms with Crippen molar-refractivity contribution in [3.05, 3.63) is 34.9 Å². The Morgan fingerprint density at radius 3 is 2.55 bits per heavy atom. The zero-order valence-corrected chi connectivity index (χ0v) is 25.6. The van der Waals surface area contributed by atoms with Crippen molar-refractivity contribution < 1.29 is 33.7 Å². The molecule has 5 aliphatic carbocycles. The van der Waals surface area contributed by atoms with Crippen molar-refractivity contribution in [2.75, 3.05) is 0 Å². The molecule has 8 nitrogen and oxygen atoms in total. The van der Waals surface area contributed by atoms with Gasteiger partial charge in [0.05, 0.1) is 17.6 Å². The van der Waals surface area contributed by atoms with E-state index in [1.807, 2.05) is 0 Å². The Kier molecular flexibility index (Phi) is 6.63. The van der Waals surface area contributed by atoms with E-state index in [1.165, 1.54) is 25.0 Å². The summed E-state index contributed by atoms with van der Waals surface area (Å²) < 4.78 is 18.3. The maximum atomic E-state index is 14.2. The fraction of sp³-hybridized carbons (Fsp3) is 0.706. The van der Waals surface area contributed by atoms with Crippen LogP contribution in [0.5, 0.6) is 0 Å². The molecule has 0 amide bonds. The molecule has 2 aliphatic heterocycles. The molecule has 7 aliphatic rings. The van der Waals surface area contributed by atoms with Gasteiger partial charge in [-0.05, 0) is 57.3 Å². The van der Waals surface area contributed by atoms with E-state index >= 15 is 0 Å². The SMILES string of the molecule is C=C1C(=O)O[C@H]2C[C@H](C)[C@@]34C[C@@]5(C(=O)O[C@@H]6C[C@]7(C)C(=C[C@@H]65)[C@@H](C)CC[C@H]7O)[C@@H](C(C)=C3C[C@H]12)[C@@H]4OC(C)=O.CC#N. The predicted octanol–water partition coefficient (Wildman–Crippen LogP) is 4.97. The number of esters is 3. The van der Waals surface area contributed by atoms with Crippen LogP contribution in [0.1, 0.15) is 80.1 Å². The summed E-state index contributed by atoms with van der Waals surface area (Å²) in [5.41, 5.74) is 2.34. The van der Waals surface area contributed by atoms with Crippen LogP contribution >= 0.6 is 0 Å². The smallest absolute Gasteiger partial charge is 0.334 e. The minimum atomic E-state index is -0.823. The monoisotopic (exact) mass is 577 g/mol. The van der Waals surface area contributed by atoms with Crippen LogP contribution in [0.15, 0.2) is 34.9 Å². The third kappa shape index (κ3) is 3.52. The van der Waals surface area contributed by atoms with E-state index < -0.39 is 28.5 Å². The molecule has 5 fully saturated rings. The van der Waals surface area contributed by atoms with Gasteiger partial charge < -0.3 is 19.3 Å². The van der Waals surface area contributed by atoms with Gasteiger partial charge in [-0.1, -0.05) is 50.1 Å². The third-order valence-electron chi connectivity index (χ3n) is 12.5. The Hall–Kier alpha value is -2.92. The third-order valence-corrected chi connectivity index (χ3v) is 12.5. The van der Waals surface area contributed by atoms with Gasteiger partial charge >= 0.3 is 17.9 Å². The van der Waals surface area contributed by atoms with Gasteiger partial charge in [0, 0.05) is 48.0 Å². The first-order valence-corrected chi connectivity index (χ1v) is 15.5. The molecule has 8 heteroatoms. The maximum Gasteiger partial charge on any atom is 0.334 e. The van der Waals surface area contributed by atoms with E-state index in [4.69, 9.17) is 19.5 Å². The van der Waals surface area contributed by atoms with Gasteiger partial charge in [0.2, 0.25) is 0 Å². The number of ether oxygens (including phenoxy) is 3. The highest BCUT2D eigenvalue weighted by Gasteiger charge is 2.79. The number of carbonyl (C=O) groups is 3. The second kappa shape index (κ2) is 9.54. The minimum Gasteiger partial charge on any atom is -0.461 e. The van der Waals surface area contributed by atoms with Crippen LogP contribution in [-0.2, 0) is 28.6 Å². The summed E-state index contributed by atoms with van der Waals surface area (Å²) in [6, 6.07) is 1.75. The molecular formula is C34H43NO7. The van der Waals surface area contributed by atoms with Gasteiger partial charge in [0.15, 0.2) is 0 Å². The first-order chi connectivity index (χ1) is 19.8. The average Bonchev–Trinajstić information content (AvgIpc) is 3.49. The molecule has 12 atom stereocenters. The van der Waals surface area contributed by atoms with E-state index in [0.717, 1.165) is 18.4 Å². The first-order valence-electron chi connectivity index (χ1n) is 15.5. The molecule has 7 rings (SSSR count). The lowest BCUT2D eigenvalue weighted by atomic mass is 9.53. The molecule has 0 unspecified atom stereocenters. The highest BCUT2D eigenvalue weighted by atomic mass is 16.6. The summed E-state index contributed by atoms with van der Waals surface area (Å²) in [4.78, 5) is 39.2. The molecule has 226 valence electrons. The standard InChI is InChI=1S/C32H40O7.C2H3N/c1-14-7-8-25(34)30(6)12-24-22(11-20(14)30)32(29(36)39-24)13-31-15(2)9-23-19(16(3)28(35)38-23)10-21(31)17(4)26(32)27(31)37-18(5)33;1-2-3/h11,14-15,19,22-27,34H,3,7-10,12-13H2,1-2,4-6H3;1H3/t14-,15-,19+,22-,23-,24+,25+,26-,27-,30+,31-,32-;/m0./s1. The Morgan fingerprint density at radius 1 is 1.19 bits per heavy atom. The molecule has 2 bridgehead atoms. The molecule has 2 heterocycles. The summed E-state index contributed by atoms with van der Waals surface area (Å²) in [7, 11) is 0. The van der Waals surface area contributed by atoms with Gasteiger partial charge in [-0.15, -0.1) is 0 Å². The first kappa shape index (κ1) is 29.2. The van der Waals surface area contributed by atoms with E-state index in [2.05, 4.69) is 40.3 Å². The summed E-state index contributed by atoms with van der Waals surface area (Å²) >= 11 is 0. The predicted molar refractivity (Wildman–Crippen MR) is 152 cm³/mol. The lowest BCUT2D eigenvalue weighted by Gasteiger charge is -2.50. The number of hydrogen-bond acceptors (Lipinski definition) is 8. The van der Waals surface area contributed by atoms with Crippen LogP contribution in [0, 0.1) is 57.2 Å². The Labute approximate surface area is 248 Å². The number of hydrogen-bond donors (Lipinski definition) is 1. The van der Waals surface area contributed by atoms with E-state index in [-0.39, 0.29) is 53.8 Å². The highest BCUT2D eigenvalue weighted by molar-refractivity contribution is 5.91. The Balaban J connectivity index is 0.00000101. The van der Waals surface area contributed by atoms with Crippen molar-refractivity contribution >= 4 is 17.9 Å². The largest absolute Gasteiger partial charge is 0.461 e. The Morgan fingerprint density at radius 2 is 1.88 bits per heavy atom. The maximum absolute atomic E-state index is 14.2. The summed E-state index contributed by atoms with van der Waals surface area (Å²) in [5, 5.41) is 18.4. The number of aliphatic hydroxyl groups excluding tert-OH is 1. The van der Waals surface area contributed by atoms with Crippen molar-refractivity contribution in [3.8, 4) is 6.07 Å². The summed E-state index contributed by atoms with van der Waals surface area (Å²) in [6.07, 6.45) is 4.96. The van der Waals surface area contributed by atoms with Crippen LogP contribution in [0.25, 0.3) is 0 Å². The van der Waals surface area contributed by atoms with E-state index in [9.17, 15) is 19.5 Å². The number of rotatable bonds is 1. The summed E-state index contributed by atoms with van der Waals surface area (Å²) in [6.45, 7) is 15.6. The molecule has 2 spiro atoms. The second-order valence-corrected chi connectivity index (χ2v) is 14.3. The number of aliphatic hydroxyl groups is 1. The lowest BCUT2D eigenvalue weighted by molar-refractivity contribution is -0.156. The second-order valence-electron chi connectivity index (χ2n) is 14.3. The van der Waals surface area contributed by atoms with Gasteiger partial charge in [0.1, 0.15) is 18.3 Å². The molecular weight excluding hydrogens is 534 g/mol. The highest BCUT2D eigenvalue weighted by Crippen LogP contribution is 2.76. The van der Waals surface area contributed by atoms with Crippen molar-refractivity contribution in [3.63, 3.8) is 0 Å². The molecule has 0 aromatic rings. The number of carbonyl (C=O) groups excluding carboxylic acids is 3. The van der Waals surface area contributed by atoms with Crippen LogP contribution < -0.4 is 0 Å². The number of nitriles is 1. The van der Waals surface area contributed by atoms with Crippen molar-refractivity contribution in [2.45, 2.75) is 104 Å². The summed E-state index contributed by atoms with van der Waals surface area (Å²) in [5.74, 6) is -1.01. The van der Waals surface area contributed by atoms with E-state index in [0.29, 0.717) is 37.2 Å². The molecule has 3 saturated carbocycles. The zero-order valence-electron chi connectivity index (χ0n) is 25.6.